The zero-order valence-corrected chi connectivity index (χ0v) is 31.2. The first-order valence-corrected chi connectivity index (χ1v) is 19.1. The molecule has 0 aromatic rings. The molecule has 0 heterocycles. The van der Waals surface area contributed by atoms with Crippen molar-refractivity contribution < 1.29 is 24.2 Å². The molecule has 2 unspecified atom stereocenters. The van der Waals surface area contributed by atoms with Crippen LogP contribution >= 0.6 is 0 Å². The van der Waals surface area contributed by atoms with Crippen LogP contribution in [0.15, 0.2) is 97.2 Å². The van der Waals surface area contributed by atoms with Gasteiger partial charge in [0.2, 0.25) is 5.91 Å². The van der Waals surface area contributed by atoms with Gasteiger partial charge in [-0.25, -0.2) is 4.79 Å². The van der Waals surface area contributed by atoms with Crippen LogP contribution in [0.1, 0.15) is 136 Å². The Morgan fingerprint density at radius 3 is 1.56 bits per heavy atom. The predicted octanol–water partition coefficient (Wildman–Crippen LogP) is 10.3. The van der Waals surface area contributed by atoms with E-state index >= 15 is 0 Å². The fourth-order valence-electron chi connectivity index (χ4n) is 4.87. The molecule has 0 saturated carbocycles. The molecule has 0 saturated heterocycles. The largest absolute Gasteiger partial charge is 0.480 e. The zero-order chi connectivity index (χ0) is 36.8. The third kappa shape index (κ3) is 32.8. The second kappa shape index (κ2) is 36.6. The molecule has 0 aromatic heterocycles. The van der Waals surface area contributed by atoms with Crippen LogP contribution in [-0.4, -0.2) is 41.6 Å². The molecule has 0 radical (unpaired) electrons. The number of nitrogens with one attached hydrogen (secondary N) is 1. The maximum absolute atomic E-state index is 12.6. The van der Waals surface area contributed by atoms with Gasteiger partial charge in [0.25, 0.3) is 0 Å². The molecular weight excluding hydrogens is 624 g/mol. The van der Waals surface area contributed by atoms with E-state index in [1.54, 1.807) is 0 Å². The third-order valence-electron chi connectivity index (χ3n) is 7.66. The Bertz CT molecular complexity index is 1100. The summed E-state index contributed by atoms with van der Waals surface area (Å²) in [5.74, 6) is -1.45. The molecule has 4 N–H and O–H groups in total. The van der Waals surface area contributed by atoms with Crippen LogP contribution in [0.3, 0.4) is 0 Å². The van der Waals surface area contributed by atoms with Crippen LogP contribution in [0.2, 0.25) is 0 Å². The second-order valence-corrected chi connectivity index (χ2v) is 12.2. The first kappa shape index (κ1) is 46.3. The van der Waals surface area contributed by atoms with E-state index in [2.05, 4.69) is 98.2 Å². The Balaban J connectivity index is 4.50. The van der Waals surface area contributed by atoms with Gasteiger partial charge in [0.05, 0.1) is 6.42 Å². The maximum atomic E-state index is 12.6. The summed E-state index contributed by atoms with van der Waals surface area (Å²) in [6.07, 6.45) is 49.1. The number of hydrogen-bond donors (Lipinski definition) is 3. The Morgan fingerprint density at radius 2 is 1.06 bits per heavy atom. The molecule has 50 heavy (non-hydrogen) atoms. The van der Waals surface area contributed by atoms with E-state index in [4.69, 9.17) is 10.5 Å². The lowest BCUT2D eigenvalue weighted by Gasteiger charge is -2.14. The maximum Gasteiger partial charge on any atom is 0.326 e. The molecule has 0 fully saturated rings. The number of ether oxygens (including phenoxy) is 1. The van der Waals surface area contributed by atoms with Gasteiger partial charge in [0.1, 0.15) is 12.1 Å². The van der Waals surface area contributed by atoms with Crippen LogP contribution in [-0.2, 0) is 19.1 Å². The molecule has 0 rings (SSSR count). The number of allylic oxidation sites excluding steroid dienone is 14. The molecule has 0 aliphatic carbocycles. The average Bonchev–Trinajstić information content (AvgIpc) is 3.10. The van der Waals surface area contributed by atoms with Crippen LogP contribution in [0.5, 0.6) is 0 Å². The van der Waals surface area contributed by atoms with E-state index in [0.717, 1.165) is 96.3 Å². The van der Waals surface area contributed by atoms with E-state index in [1.807, 2.05) is 18.2 Å². The number of carbonyl (C=O) groups is 3. The molecule has 0 aliphatic rings. The molecule has 0 spiro atoms. The van der Waals surface area contributed by atoms with E-state index < -0.39 is 12.0 Å². The molecule has 0 aliphatic heterocycles. The van der Waals surface area contributed by atoms with Gasteiger partial charge in [0, 0.05) is 6.42 Å². The lowest BCUT2D eigenvalue weighted by atomic mass is 10.1. The Hall–Kier alpha value is -3.71. The summed E-state index contributed by atoms with van der Waals surface area (Å²) < 4.78 is 5.83. The number of unbranched alkanes of at least 4 members (excludes halogenated alkanes) is 5. The van der Waals surface area contributed by atoms with Gasteiger partial charge < -0.3 is 20.9 Å². The number of esters is 1. The number of hydrogen-bond acceptors (Lipinski definition) is 5. The van der Waals surface area contributed by atoms with Crippen molar-refractivity contribution in [3.63, 3.8) is 0 Å². The summed E-state index contributed by atoms with van der Waals surface area (Å²) in [6, 6.07) is -0.867. The first-order chi connectivity index (χ1) is 24.4. The quantitative estimate of drug-likeness (QED) is 0.0367. The van der Waals surface area contributed by atoms with Crippen molar-refractivity contribution in [3.05, 3.63) is 97.2 Å². The Morgan fingerprint density at radius 1 is 0.600 bits per heavy atom. The van der Waals surface area contributed by atoms with Crippen molar-refractivity contribution in [2.45, 2.75) is 148 Å². The van der Waals surface area contributed by atoms with Crippen molar-refractivity contribution in [1.82, 2.24) is 5.32 Å². The van der Waals surface area contributed by atoms with E-state index in [0.29, 0.717) is 25.8 Å². The summed E-state index contributed by atoms with van der Waals surface area (Å²) in [4.78, 5) is 36.0. The highest BCUT2D eigenvalue weighted by Crippen LogP contribution is 2.14. The normalized spacial score (nSPS) is 13.8. The minimum Gasteiger partial charge on any atom is -0.480 e. The summed E-state index contributed by atoms with van der Waals surface area (Å²) in [5.41, 5.74) is 5.46. The molecular formula is C43H68N2O5. The number of amides is 1. The molecule has 7 nitrogen and oxygen atoms in total. The van der Waals surface area contributed by atoms with Crippen molar-refractivity contribution in [2.75, 3.05) is 6.54 Å². The van der Waals surface area contributed by atoms with Crippen LogP contribution in [0.4, 0.5) is 0 Å². The number of nitrogens with two attached hydrogens (primary N) is 1. The average molecular weight is 693 g/mol. The number of carbonyl (C=O) groups excluding carboxylic acids is 2. The number of aliphatic carboxylic acids is 1. The number of carboxylic acid groups (broad SMARTS) is 1. The van der Waals surface area contributed by atoms with Gasteiger partial charge in [-0.1, -0.05) is 131 Å². The SMILES string of the molecule is CC/C=C\C/C=C\C/C=C\C/C=C\C/C=C\CC(=O)OC(/C=C\C/C=C\C/C=C\CC)CCCCCCCCC(=O)NC(CCCN)C(=O)O. The Labute approximate surface area is 304 Å². The lowest BCUT2D eigenvalue weighted by molar-refractivity contribution is -0.146. The smallest absolute Gasteiger partial charge is 0.326 e. The van der Waals surface area contributed by atoms with Crippen molar-refractivity contribution in [3.8, 4) is 0 Å². The third-order valence-corrected chi connectivity index (χ3v) is 7.66. The minimum absolute atomic E-state index is 0.215. The fourth-order valence-corrected chi connectivity index (χ4v) is 4.87. The summed E-state index contributed by atoms with van der Waals surface area (Å²) in [5, 5.41) is 11.9. The predicted molar refractivity (Wildman–Crippen MR) is 211 cm³/mol. The van der Waals surface area contributed by atoms with Crippen LogP contribution in [0, 0.1) is 0 Å². The lowest BCUT2D eigenvalue weighted by Crippen LogP contribution is -2.40. The highest BCUT2D eigenvalue weighted by atomic mass is 16.5. The number of carboxylic acids is 1. The molecule has 280 valence electrons. The van der Waals surface area contributed by atoms with Gasteiger partial charge in [-0.3, -0.25) is 9.59 Å². The van der Waals surface area contributed by atoms with E-state index in [9.17, 15) is 19.5 Å². The van der Waals surface area contributed by atoms with Gasteiger partial charge in [-0.05, 0) is 96.1 Å². The van der Waals surface area contributed by atoms with Gasteiger partial charge in [-0.2, -0.15) is 0 Å². The molecule has 7 heteroatoms. The van der Waals surface area contributed by atoms with Crippen molar-refractivity contribution >= 4 is 17.8 Å². The van der Waals surface area contributed by atoms with E-state index in [1.165, 1.54) is 0 Å². The van der Waals surface area contributed by atoms with E-state index in [-0.39, 0.29) is 24.4 Å². The van der Waals surface area contributed by atoms with Gasteiger partial charge >= 0.3 is 11.9 Å². The van der Waals surface area contributed by atoms with Crippen molar-refractivity contribution in [2.24, 2.45) is 5.73 Å². The topological polar surface area (TPSA) is 119 Å². The summed E-state index contributed by atoms with van der Waals surface area (Å²) in [6.45, 7) is 4.67. The molecule has 2 atom stereocenters. The fraction of sp³-hybridized carbons (Fsp3) is 0.558. The van der Waals surface area contributed by atoms with Gasteiger partial charge in [0.15, 0.2) is 0 Å². The zero-order valence-electron chi connectivity index (χ0n) is 31.2. The monoisotopic (exact) mass is 693 g/mol. The van der Waals surface area contributed by atoms with Crippen molar-refractivity contribution in [1.29, 1.82) is 0 Å². The molecule has 0 bridgehead atoms. The van der Waals surface area contributed by atoms with Crippen LogP contribution < -0.4 is 11.1 Å². The van der Waals surface area contributed by atoms with Crippen LogP contribution in [0.25, 0.3) is 0 Å². The molecule has 1 amide bonds. The summed E-state index contributed by atoms with van der Waals surface area (Å²) >= 11 is 0. The minimum atomic E-state index is -1.02. The highest BCUT2D eigenvalue weighted by Gasteiger charge is 2.18. The standard InChI is InChI=1S/C43H68N2O5/c1-3-5-7-9-11-13-14-15-16-17-18-19-21-27-31-37-42(47)50-39(33-28-24-20-12-10-8-6-4-2)34-29-25-22-23-26-30-36-41(46)45-40(43(48)49)35-32-38-44/h5-8,11-13,15-16,18-20,27-28,31,33,39-40H,3-4,9-10,14,17,21-26,29-30,32,34-38,44H2,1-2H3,(H,45,46)(H,48,49)/b7-5-,8-6-,13-11-,16-15-,19-18-,20-12-,31-27-,33-28-. The molecule has 0 aromatic carbocycles. The van der Waals surface area contributed by atoms with Gasteiger partial charge in [-0.15, -0.1) is 0 Å². The summed E-state index contributed by atoms with van der Waals surface area (Å²) in [7, 11) is 0. The first-order valence-electron chi connectivity index (χ1n) is 19.1. The highest BCUT2D eigenvalue weighted by molar-refractivity contribution is 5.83. The Kier molecular flexibility index (Phi) is 33.9. The second-order valence-electron chi connectivity index (χ2n) is 12.2. The number of rotatable bonds is 32.